The van der Waals surface area contributed by atoms with E-state index >= 15 is 0 Å². The Balaban J connectivity index is 1.62. The lowest BCUT2D eigenvalue weighted by molar-refractivity contribution is -0.137. The first-order valence-corrected chi connectivity index (χ1v) is 7.84. The minimum absolute atomic E-state index is 0.325. The molecule has 0 aromatic carbocycles. The lowest BCUT2D eigenvalue weighted by Gasteiger charge is -2.38. The third-order valence-corrected chi connectivity index (χ3v) is 5.12. The van der Waals surface area contributed by atoms with E-state index in [1.807, 2.05) is 0 Å². The molecule has 4 heteroatoms. The molecule has 0 aromatic rings. The van der Waals surface area contributed by atoms with E-state index in [1.54, 1.807) is 0 Å². The summed E-state index contributed by atoms with van der Waals surface area (Å²) in [4.78, 5) is 13.0. The molecule has 1 saturated heterocycles. The molecule has 0 bridgehead atoms. The molecule has 1 aliphatic heterocycles. The van der Waals surface area contributed by atoms with E-state index in [2.05, 4.69) is 17.5 Å². The standard InChI is InChI=1S/C14H25NO2S/c16-13(17)4-2-1-3-8-15-9-5-12(10-18)14(11-15)6-7-14/h12,18H,1-11H2,(H,16,17). The molecule has 2 rings (SSSR count). The molecule has 0 amide bonds. The van der Waals surface area contributed by atoms with Crippen LogP contribution < -0.4 is 0 Å². The normalized spacial score (nSPS) is 26.4. The molecule has 1 atom stereocenters. The van der Waals surface area contributed by atoms with Gasteiger partial charge in [0, 0.05) is 13.0 Å². The Bertz CT molecular complexity index is 292. The number of thiol groups is 1. The van der Waals surface area contributed by atoms with Crippen LogP contribution in [-0.2, 0) is 4.79 Å². The molecule has 1 heterocycles. The third-order valence-electron chi connectivity index (χ3n) is 4.68. The van der Waals surface area contributed by atoms with Crippen molar-refractivity contribution in [1.29, 1.82) is 0 Å². The number of hydrogen-bond donors (Lipinski definition) is 2. The second-order valence-electron chi connectivity index (χ2n) is 6.01. The molecule has 2 fully saturated rings. The highest BCUT2D eigenvalue weighted by Gasteiger charge is 2.51. The summed E-state index contributed by atoms with van der Waals surface area (Å²) >= 11 is 4.49. The molecule has 1 spiro atoms. The van der Waals surface area contributed by atoms with Crippen molar-refractivity contribution < 1.29 is 9.90 Å². The fraction of sp³-hybridized carbons (Fsp3) is 0.929. The van der Waals surface area contributed by atoms with Gasteiger partial charge in [0.1, 0.15) is 0 Å². The van der Waals surface area contributed by atoms with Gasteiger partial charge in [-0.25, -0.2) is 0 Å². The van der Waals surface area contributed by atoms with Gasteiger partial charge in [-0.2, -0.15) is 12.6 Å². The number of rotatable bonds is 7. The summed E-state index contributed by atoms with van der Waals surface area (Å²) in [5.41, 5.74) is 0.612. The number of carboxylic acids is 1. The Kier molecular flexibility index (Phi) is 4.96. The van der Waals surface area contributed by atoms with E-state index in [0.717, 1.165) is 37.5 Å². The number of carbonyl (C=O) groups is 1. The molecule has 1 aliphatic carbocycles. The van der Waals surface area contributed by atoms with Gasteiger partial charge in [-0.3, -0.25) is 4.79 Å². The molecule has 1 N–H and O–H groups in total. The number of aliphatic carboxylic acids is 1. The maximum absolute atomic E-state index is 10.4. The zero-order chi connectivity index (χ0) is 13.0. The molecular formula is C14H25NO2S. The van der Waals surface area contributed by atoms with Gasteiger partial charge in [-0.05, 0) is 62.3 Å². The SMILES string of the molecule is O=C(O)CCCCCN1CCC(CS)C2(CC2)C1. The van der Waals surface area contributed by atoms with Crippen LogP contribution in [0.4, 0.5) is 0 Å². The summed E-state index contributed by atoms with van der Waals surface area (Å²) in [6, 6.07) is 0. The number of likely N-dealkylation sites (tertiary alicyclic amines) is 1. The molecule has 0 aromatic heterocycles. The summed E-state index contributed by atoms with van der Waals surface area (Å²) in [6.45, 7) is 3.63. The maximum Gasteiger partial charge on any atom is 0.303 e. The summed E-state index contributed by atoms with van der Waals surface area (Å²) in [5.74, 6) is 1.22. The van der Waals surface area contributed by atoms with Gasteiger partial charge in [0.25, 0.3) is 0 Å². The Hall–Kier alpha value is -0.220. The van der Waals surface area contributed by atoms with E-state index in [-0.39, 0.29) is 0 Å². The van der Waals surface area contributed by atoms with Crippen molar-refractivity contribution in [3.63, 3.8) is 0 Å². The molecule has 2 aliphatic rings. The van der Waals surface area contributed by atoms with Crippen LogP contribution in [-0.4, -0.2) is 41.4 Å². The van der Waals surface area contributed by atoms with E-state index in [1.165, 1.54) is 32.4 Å². The average molecular weight is 271 g/mol. The fourth-order valence-corrected chi connectivity index (χ4v) is 3.86. The first-order valence-electron chi connectivity index (χ1n) is 7.21. The maximum atomic E-state index is 10.4. The number of unbranched alkanes of at least 4 members (excludes halogenated alkanes) is 2. The van der Waals surface area contributed by atoms with Crippen LogP contribution in [0, 0.1) is 11.3 Å². The van der Waals surface area contributed by atoms with Crippen molar-refractivity contribution in [3.8, 4) is 0 Å². The predicted octanol–water partition coefficient (Wildman–Crippen LogP) is 2.66. The number of nitrogens with zero attached hydrogens (tertiary/aromatic N) is 1. The second kappa shape index (κ2) is 6.29. The Labute approximate surface area is 115 Å². The van der Waals surface area contributed by atoms with Crippen molar-refractivity contribution in [2.45, 2.75) is 44.9 Å². The molecule has 18 heavy (non-hydrogen) atoms. The Morgan fingerprint density at radius 2 is 2.11 bits per heavy atom. The zero-order valence-electron chi connectivity index (χ0n) is 11.1. The van der Waals surface area contributed by atoms with Crippen molar-refractivity contribution in [3.05, 3.63) is 0 Å². The molecule has 3 nitrogen and oxygen atoms in total. The highest BCUT2D eigenvalue weighted by atomic mass is 32.1. The largest absolute Gasteiger partial charge is 0.481 e. The van der Waals surface area contributed by atoms with Crippen LogP contribution in [0.2, 0.25) is 0 Å². The van der Waals surface area contributed by atoms with Gasteiger partial charge in [0.2, 0.25) is 0 Å². The van der Waals surface area contributed by atoms with Gasteiger partial charge in [-0.15, -0.1) is 0 Å². The molecule has 1 saturated carbocycles. The van der Waals surface area contributed by atoms with E-state index in [9.17, 15) is 4.79 Å². The summed E-state index contributed by atoms with van der Waals surface area (Å²) in [6.07, 6.45) is 7.44. The van der Waals surface area contributed by atoms with Crippen molar-refractivity contribution in [2.24, 2.45) is 11.3 Å². The van der Waals surface area contributed by atoms with Gasteiger partial charge in [0.05, 0.1) is 0 Å². The van der Waals surface area contributed by atoms with Crippen molar-refractivity contribution in [2.75, 3.05) is 25.4 Å². The Morgan fingerprint density at radius 3 is 2.72 bits per heavy atom. The topological polar surface area (TPSA) is 40.5 Å². The second-order valence-corrected chi connectivity index (χ2v) is 6.38. The van der Waals surface area contributed by atoms with Gasteiger partial charge in [0.15, 0.2) is 0 Å². The van der Waals surface area contributed by atoms with Crippen LogP contribution in [0.1, 0.15) is 44.9 Å². The van der Waals surface area contributed by atoms with E-state index in [0.29, 0.717) is 11.8 Å². The van der Waals surface area contributed by atoms with Crippen molar-refractivity contribution >= 4 is 18.6 Å². The molecule has 0 radical (unpaired) electrons. The van der Waals surface area contributed by atoms with E-state index in [4.69, 9.17) is 5.11 Å². The predicted molar refractivity (Wildman–Crippen MR) is 76.2 cm³/mol. The highest BCUT2D eigenvalue weighted by Crippen LogP contribution is 2.55. The van der Waals surface area contributed by atoms with Crippen molar-refractivity contribution in [1.82, 2.24) is 4.90 Å². The lowest BCUT2D eigenvalue weighted by atomic mass is 9.83. The van der Waals surface area contributed by atoms with Crippen LogP contribution in [0.3, 0.4) is 0 Å². The number of piperidine rings is 1. The van der Waals surface area contributed by atoms with Gasteiger partial charge < -0.3 is 10.0 Å². The van der Waals surface area contributed by atoms with Gasteiger partial charge in [-0.1, -0.05) is 6.42 Å². The molecular weight excluding hydrogens is 246 g/mol. The zero-order valence-corrected chi connectivity index (χ0v) is 12.0. The summed E-state index contributed by atoms with van der Waals surface area (Å²) < 4.78 is 0. The summed E-state index contributed by atoms with van der Waals surface area (Å²) in [5, 5.41) is 8.58. The molecule has 104 valence electrons. The first-order chi connectivity index (χ1) is 8.66. The average Bonchev–Trinajstić information content (AvgIpc) is 3.09. The number of carboxylic acid groups (broad SMARTS) is 1. The smallest absolute Gasteiger partial charge is 0.303 e. The van der Waals surface area contributed by atoms with Crippen LogP contribution >= 0.6 is 12.6 Å². The minimum atomic E-state index is -0.665. The summed E-state index contributed by atoms with van der Waals surface area (Å²) in [7, 11) is 0. The quantitative estimate of drug-likeness (QED) is 0.552. The Morgan fingerprint density at radius 1 is 1.33 bits per heavy atom. The molecule has 1 unspecified atom stereocenters. The fourth-order valence-electron chi connectivity index (χ4n) is 3.29. The minimum Gasteiger partial charge on any atom is -0.481 e. The number of hydrogen-bond acceptors (Lipinski definition) is 3. The van der Waals surface area contributed by atoms with E-state index < -0.39 is 5.97 Å². The lowest BCUT2D eigenvalue weighted by Crippen LogP contribution is -2.42. The van der Waals surface area contributed by atoms with Crippen LogP contribution in [0.25, 0.3) is 0 Å². The monoisotopic (exact) mass is 271 g/mol. The van der Waals surface area contributed by atoms with Crippen LogP contribution in [0.15, 0.2) is 0 Å². The highest BCUT2D eigenvalue weighted by molar-refractivity contribution is 7.80. The van der Waals surface area contributed by atoms with Gasteiger partial charge >= 0.3 is 5.97 Å². The van der Waals surface area contributed by atoms with Crippen LogP contribution in [0.5, 0.6) is 0 Å². The first kappa shape index (κ1) is 14.2. The third kappa shape index (κ3) is 3.64.